The van der Waals surface area contributed by atoms with Crippen LogP contribution in [0.5, 0.6) is 11.5 Å². The number of hydroxylamine groups is 2. The van der Waals surface area contributed by atoms with Crippen molar-refractivity contribution in [2.75, 3.05) is 0 Å². The summed E-state index contributed by atoms with van der Waals surface area (Å²) in [5.74, 6) is 1.60. The number of furan rings is 1. The van der Waals surface area contributed by atoms with Gasteiger partial charge in [-0.1, -0.05) is 12.1 Å². The Balaban J connectivity index is 1.83. The van der Waals surface area contributed by atoms with E-state index in [9.17, 15) is 10.0 Å². The molecule has 1 aromatic carbocycles. The highest BCUT2D eigenvalue weighted by Gasteiger charge is 2.13. The van der Waals surface area contributed by atoms with Crippen LogP contribution in [0.2, 0.25) is 0 Å². The number of hydrogen-bond donors (Lipinski definition) is 2. The van der Waals surface area contributed by atoms with Crippen LogP contribution < -0.4 is 10.5 Å². The number of nitrogens with two attached hydrogens (primary N) is 1. The van der Waals surface area contributed by atoms with Gasteiger partial charge in [0.1, 0.15) is 5.75 Å². The molecule has 0 aliphatic rings. The minimum absolute atomic E-state index is 0.427. The minimum Gasteiger partial charge on any atom is -0.461 e. The van der Waals surface area contributed by atoms with E-state index < -0.39 is 12.1 Å². The number of ether oxygens (including phenoxy) is 1. The summed E-state index contributed by atoms with van der Waals surface area (Å²) < 4.78 is 11.3. The van der Waals surface area contributed by atoms with Crippen molar-refractivity contribution < 1.29 is 19.2 Å². The van der Waals surface area contributed by atoms with Gasteiger partial charge in [-0.3, -0.25) is 10.2 Å². The lowest BCUT2D eigenvalue weighted by Gasteiger charge is -2.16. The van der Waals surface area contributed by atoms with E-state index in [4.69, 9.17) is 14.9 Å². The molecule has 25 heavy (non-hydrogen) atoms. The van der Waals surface area contributed by atoms with Crippen molar-refractivity contribution in [2.24, 2.45) is 5.73 Å². The fraction of sp³-hybridized carbons (Fsp3) is 0.111. The molecule has 0 aliphatic heterocycles. The van der Waals surface area contributed by atoms with Gasteiger partial charge in [-0.05, 0) is 37.3 Å². The van der Waals surface area contributed by atoms with Crippen LogP contribution in [0.3, 0.4) is 0 Å². The van der Waals surface area contributed by atoms with Gasteiger partial charge in [-0.2, -0.15) is 5.06 Å². The number of carbonyl (C=O) groups excluding carboxylic acids is 1. The first-order valence-electron chi connectivity index (χ1n) is 7.61. The summed E-state index contributed by atoms with van der Waals surface area (Å²) >= 11 is 0. The molecule has 0 bridgehead atoms. The van der Waals surface area contributed by atoms with Gasteiger partial charge in [0.2, 0.25) is 0 Å². The molecule has 0 radical (unpaired) electrons. The largest absolute Gasteiger partial charge is 0.461 e. The first-order valence-corrected chi connectivity index (χ1v) is 7.61. The van der Waals surface area contributed by atoms with Crippen LogP contribution in [0.4, 0.5) is 4.79 Å². The van der Waals surface area contributed by atoms with E-state index in [2.05, 4.69) is 4.98 Å². The third-order valence-electron chi connectivity index (χ3n) is 3.62. The fourth-order valence-corrected chi connectivity index (χ4v) is 2.31. The molecular formula is C18H17N3O4. The van der Waals surface area contributed by atoms with Crippen LogP contribution in [-0.2, 0) is 0 Å². The van der Waals surface area contributed by atoms with Crippen molar-refractivity contribution in [1.82, 2.24) is 10.0 Å². The third kappa shape index (κ3) is 3.61. The van der Waals surface area contributed by atoms with Gasteiger partial charge in [0, 0.05) is 17.6 Å². The molecule has 2 amide bonds. The molecule has 7 nitrogen and oxygen atoms in total. The highest BCUT2D eigenvalue weighted by Crippen LogP contribution is 2.32. The topological polar surface area (TPSA) is 102 Å². The molecule has 3 N–H and O–H groups in total. The Labute approximate surface area is 143 Å². The molecule has 2 aromatic heterocycles. The van der Waals surface area contributed by atoms with Crippen LogP contribution >= 0.6 is 0 Å². The summed E-state index contributed by atoms with van der Waals surface area (Å²) in [6.45, 7) is 1.61. The second-order valence-corrected chi connectivity index (χ2v) is 5.36. The Morgan fingerprint density at radius 1 is 1.32 bits per heavy atom. The number of hydrogen-bond acceptors (Lipinski definition) is 5. The predicted molar refractivity (Wildman–Crippen MR) is 92.2 cm³/mol. The molecule has 3 rings (SSSR count). The summed E-state index contributed by atoms with van der Waals surface area (Å²) in [5, 5.41) is 10.8. The molecule has 0 spiro atoms. The maximum atomic E-state index is 10.9. The van der Waals surface area contributed by atoms with Crippen molar-refractivity contribution in [3.05, 3.63) is 60.7 Å². The first kappa shape index (κ1) is 16.5. The molecule has 0 aliphatic carbocycles. The van der Waals surface area contributed by atoms with E-state index >= 15 is 0 Å². The van der Waals surface area contributed by atoms with Gasteiger partial charge in [0.05, 0.1) is 17.8 Å². The van der Waals surface area contributed by atoms with Crippen LogP contribution in [0, 0.1) is 0 Å². The van der Waals surface area contributed by atoms with Crippen molar-refractivity contribution in [2.45, 2.75) is 13.0 Å². The van der Waals surface area contributed by atoms with Gasteiger partial charge in [-0.25, -0.2) is 4.79 Å². The lowest BCUT2D eigenvalue weighted by atomic mass is 10.2. The number of urea groups is 1. The average molecular weight is 339 g/mol. The maximum absolute atomic E-state index is 10.9. The van der Waals surface area contributed by atoms with Crippen molar-refractivity contribution >= 4 is 23.0 Å². The first-order chi connectivity index (χ1) is 12.1. The van der Waals surface area contributed by atoms with E-state index in [1.807, 2.05) is 30.3 Å². The predicted octanol–water partition coefficient (Wildman–Crippen LogP) is 3.79. The molecule has 0 fully saturated rings. The molecule has 0 saturated carbocycles. The smallest absolute Gasteiger partial charge is 0.339 e. The van der Waals surface area contributed by atoms with Crippen LogP contribution in [0.1, 0.15) is 12.7 Å². The lowest BCUT2D eigenvalue weighted by molar-refractivity contribution is -0.0560. The van der Waals surface area contributed by atoms with E-state index in [1.165, 1.54) is 6.26 Å². The molecule has 7 heteroatoms. The average Bonchev–Trinajstić information content (AvgIpc) is 3.06. The van der Waals surface area contributed by atoms with Gasteiger partial charge in [-0.15, -0.1) is 0 Å². The van der Waals surface area contributed by atoms with Crippen LogP contribution in [0.15, 0.2) is 59.4 Å². The summed E-state index contributed by atoms with van der Waals surface area (Å²) in [6.07, 6.45) is 6.39. The number of benzene rings is 1. The summed E-state index contributed by atoms with van der Waals surface area (Å²) in [7, 11) is 0. The number of nitrogens with zero attached hydrogens (tertiary/aromatic N) is 2. The Morgan fingerprint density at radius 2 is 2.16 bits per heavy atom. The van der Waals surface area contributed by atoms with Crippen molar-refractivity contribution in [1.29, 1.82) is 0 Å². The van der Waals surface area contributed by atoms with Crippen molar-refractivity contribution in [3.8, 4) is 11.5 Å². The molecule has 1 atom stereocenters. The Bertz CT molecular complexity index is 914. The number of primary amides is 1. The molecule has 3 aromatic rings. The highest BCUT2D eigenvalue weighted by atomic mass is 16.5. The normalized spacial score (nSPS) is 12.4. The van der Waals surface area contributed by atoms with Gasteiger partial charge in [0.25, 0.3) is 0 Å². The molecule has 0 saturated heterocycles. The second-order valence-electron chi connectivity index (χ2n) is 5.36. The molecule has 128 valence electrons. The fourth-order valence-electron chi connectivity index (χ4n) is 2.31. The number of fused-ring (bicyclic) bond motifs is 1. The van der Waals surface area contributed by atoms with E-state index in [1.54, 1.807) is 31.3 Å². The summed E-state index contributed by atoms with van der Waals surface area (Å²) in [6, 6.07) is 9.51. The molecular weight excluding hydrogens is 322 g/mol. The number of amides is 2. The third-order valence-corrected chi connectivity index (χ3v) is 3.62. The van der Waals surface area contributed by atoms with Crippen molar-refractivity contribution in [3.63, 3.8) is 0 Å². The van der Waals surface area contributed by atoms with Gasteiger partial charge < -0.3 is 14.9 Å². The zero-order valence-electron chi connectivity index (χ0n) is 13.5. The minimum atomic E-state index is -0.934. The zero-order valence-corrected chi connectivity index (χ0v) is 13.5. The number of carbonyl (C=O) groups is 1. The number of pyridine rings is 1. The maximum Gasteiger partial charge on any atom is 0.339 e. The number of rotatable bonds is 5. The van der Waals surface area contributed by atoms with Gasteiger partial charge >= 0.3 is 6.03 Å². The molecule has 2 heterocycles. The quantitative estimate of drug-likeness (QED) is 0.544. The highest BCUT2D eigenvalue weighted by molar-refractivity contribution is 5.85. The lowest BCUT2D eigenvalue weighted by Crippen LogP contribution is -2.38. The van der Waals surface area contributed by atoms with Crippen LogP contribution in [-0.4, -0.2) is 27.3 Å². The summed E-state index contributed by atoms with van der Waals surface area (Å²) in [4.78, 5) is 15.2. The monoisotopic (exact) mass is 339 g/mol. The molecule has 1 unspecified atom stereocenters. The van der Waals surface area contributed by atoms with E-state index in [0.29, 0.717) is 22.3 Å². The SMILES string of the molecule is CC(C=Cc1occc1Oc1cccc2ncccc12)N(O)C(N)=O. The Kier molecular flexibility index (Phi) is 4.67. The van der Waals surface area contributed by atoms with E-state index in [-0.39, 0.29) is 0 Å². The zero-order chi connectivity index (χ0) is 17.8. The number of aromatic nitrogens is 1. The Morgan fingerprint density at radius 3 is 2.96 bits per heavy atom. The van der Waals surface area contributed by atoms with Gasteiger partial charge in [0.15, 0.2) is 11.5 Å². The standard InChI is InChI=1S/C18H17N3O4/c1-12(21(23)18(19)22)7-8-16-17(9-11-24-16)25-15-6-2-5-14-13(15)4-3-10-20-14/h2-12,23H,1H3,(H2,19,22). The summed E-state index contributed by atoms with van der Waals surface area (Å²) in [5.41, 5.74) is 5.85. The Hall–Kier alpha value is -3.32. The van der Waals surface area contributed by atoms with E-state index in [0.717, 1.165) is 10.9 Å². The van der Waals surface area contributed by atoms with Crippen LogP contribution in [0.25, 0.3) is 17.0 Å². The second kappa shape index (κ2) is 7.06.